The van der Waals surface area contributed by atoms with Crippen molar-refractivity contribution >= 4 is 5.97 Å². The summed E-state index contributed by atoms with van der Waals surface area (Å²) in [5.74, 6) is -0.269. The quantitative estimate of drug-likeness (QED) is 0.505. The largest absolute Gasteiger partial charge is 0.464 e. The van der Waals surface area contributed by atoms with Gasteiger partial charge < -0.3 is 9.47 Å². The van der Waals surface area contributed by atoms with E-state index >= 15 is 0 Å². The Hall–Kier alpha value is -0.610. The second-order valence-corrected chi connectivity index (χ2v) is 4.58. The van der Waals surface area contributed by atoms with Gasteiger partial charge in [-0.05, 0) is 33.1 Å². The zero-order chi connectivity index (χ0) is 12.7. The third kappa shape index (κ3) is 4.64. The average molecular weight is 243 g/mol. The average Bonchev–Trinajstić information content (AvgIpc) is 2.66. The first-order chi connectivity index (χ1) is 8.19. The molecule has 1 heterocycles. The van der Waals surface area contributed by atoms with E-state index in [4.69, 9.17) is 9.47 Å². The van der Waals surface area contributed by atoms with Crippen LogP contribution in [0.3, 0.4) is 0 Å². The van der Waals surface area contributed by atoms with Crippen LogP contribution in [0.15, 0.2) is 0 Å². The molecule has 1 aliphatic heterocycles. The van der Waals surface area contributed by atoms with Gasteiger partial charge in [-0.3, -0.25) is 4.90 Å². The van der Waals surface area contributed by atoms with E-state index in [9.17, 15) is 4.79 Å². The standard InChI is InChI=1S/C13H25NO3/c1-4-12-7-6-11(3)14(12)8-9-16-10-13(15)17-5-2/h11-12H,4-10H2,1-3H3. The van der Waals surface area contributed by atoms with E-state index in [1.165, 1.54) is 19.3 Å². The van der Waals surface area contributed by atoms with Crippen LogP contribution in [0.1, 0.15) is 40.0 Å². The molecule has 0 bridgehead atoms. The summed E-state index contributed by atoms with van der Waals surface area (Å²) in [6, 6.07) is 1.34. The monoisotopic (exact) mass is 243 g/mol. The van der Waals surface area contributed by atoms with Crippen LogP contribution >= 0.6 is 0 Å². The van der Waals surface area contributed by atoms with Crippen LogP contribution in [0.5, 0.6) is 0 Å². The molecule has 4 heteroatoms. The van der Waals surface area contributed by atoms with Gasteiger partial charge in [0.05, 0.1) is 13.2 Å². The maximum absolute atomic E-state index is 11.1. The van der Waals surface area contributed by atoms with Gasteiger partial charge in [-0.25, -0.2) is 4.79 Å². The van der Waals surface area contributed by atoms with Crippen LogP contribution in [0.25, 0.3) is 0 Å². The van der Waals surface area contributed by atoms with Crippen molar-refractivity contribution in [1.82, 2.24) is 4.90 Å². The van der Waals surface area contributed by atoms with Gasteiger partial charge in [0.2, 0.25) is 0 Å². The molecule has 0 saturated carbocycles. The van der Waals surface area contributed by atoms with Gasteiger partial charge in [-0.2, -0.15) is 0 Å². The minimum absolute atomic E-state index is 0.0762. The molecule has 0 amide bonds. The summed E-state index contributed by atoms with van der Waals surface area (Å²) in [5.41, 5.74) is 0. The lowest BCUT2D eigenvalue weighted by atomic mass is 10.2. The summed E-state index contributed by atoms with van der Waals surface area (Å²) in [6.07, 6.45) is 3.76. The van der Waals surface area contributed by atoms with Gasteiger partial charge in [0, 0.05) is 18.6 Å². The number of likely N-dealkylation sites (tertiary alicyclic amines) is 1. The molecule has 100 valence electrons. The van der Waals surface area contributed by atoms with Crippen molar-refractivity contribution in [3.8, 4) is 0 Å². The summed E-state index contributed by atoms with van der Waals surface area (Å²) in [7, 11) is 0. The fraction of sp³-hybridized carbons (Fsp3) is 0.923. The lowest BCUT2D eigenvalue weighted by molar-refractivity contribution is -0.148. The fourth-order valence-corrected chi connectivity index (χ4v) is 2.49. The van der Waals surface area contributed by atoms with Crippen molar-refractivity contribution in [2.75, 3.05) is 26.4 Å². The molecular weight excluding hydrogens is 218 g/mol. The Bertz CT molecular complexity index is 233. The number of rotatable bonds is 7. The van der Waals surface area contributed by atoms with E-state index in [-0.39, 0.29) is 12.6 Å². The van der Waals surface area contributed by atoms with Crippen LogP contribution in [0, 0.1) is 0 Å². The topological polar surface area (TPSA) is 38.8 Å². The molecule has 0 N–H and O–H groups in total. The maximum atomic E-state index is 11.1. The first kappa shape index (κ1) is 14.5. The first-order valence-electron chi connectivity index (χ1n) is 6.68. The second-order valence-electron chi connectivity index (χ2n) is 4.58. The van der Waals surface area contributed by atoms with Crippen molar-refractivity contribution < 1.29 is 14.3 Å². The zero-order valence-corrected chi connectivity index (χ0v) is 11.3. The summed E-state index contributed by atoms with van der Waals surface area (Å²) in [5, 5.41) is 0. The zero-order valence-electron chi connectivity index (χ0n) is 11.3. The number of carbonyl (C=O) groups excluding carboxylic acids is 1. The van der Waals surface area contributed by atoms with Gasteiger partial charge in [-0.15, -0.1) is 0 Å². The molecule has 0 spiro atoms. The van der Waals surface area contributed by atoms with Crippen molar-refractivity contribution in [1.29, 1.82) is 0 Å². The summed E-state index contributed by atoms with van der Waals surface area (Å²) in [4.78, 5) is 13.6. The Kier molecular flexibility index (Phi) is 6.52. The molecular formula is C13H25NO3. The van der Waals surface area contributed by atoms with Crippen molar-refractivity contribution in [2.24, 2.45) is 0 Å². The van der Waals surface area contributed by atoms with Gasteiger partial charge in [-0.1, -0.05) is 6.92 Å². The highest BCUT2D eigenvalue weighted by molar-refractivity contribution is 5.70. The Labute approximate surface area is 104 Å². The van der Waals surface area contributed by atoms with E-state index in [1.807, 2.05) is 0 Å². The van der Waals surface area contributed by atoms with Gasteiger partial charge in [0.15, 0.2) is 0 Å². The molecule has 0 aromatic carbocycles. The third-order valence-electron chi connectivity index (χ3n) is 3.44. The Morgan fingerprint density at radius 1 is 1.35 bits per heavy atom. The van der Waals surface area contributed by atoms with E-state index in [0.717, 1.165) is 6.54 Å². The normalized spacial score (nSPS) is 25.1. The molecule has 0 aromatic heterocycles. The van der Waals surface area contributed by atoms with Gasteiger partial charge in [0.1, 0.15) is 6.61 Å². The van der Waals surface area contributed by atoms with E-state index in [0.29, 0.717) is 25.3 Å². The Morgan fingerprint density at radius 3 is 2.76 bits per heavy atom. The first-order valence-corrected chi connectivity index (χ1v) is 6.68. The van der Waals surface area contributed by atoms with Crippen molar-refractivity contribution in [2.45, 2.75) is 52.1 Å². The molecule has 1 rings (SSSR count). The molecule has 1 saturated heterocycles. The third-order valence-corrected chi connectivity index (χ3v) is 3.44. The molecule has 0 aromatic rings. The lowest BCUT2D eigenvalue weighted by Gasteiger charge is -2.27. The number of nitrogens with zero attached hydrogens (tertiary/aromatic N) is 1. The highest BCUT2D eigenvalue weighted by Gasteiger charge is 2.28. The van der Waals surface area contributed by atoms with E-state index in [2.05, 4.69) is 18.7 Å². The fourth-order valence-electron chi connectivity index (χ4n) is 2.49. The number of hydrogen-bond acceptors (Lipinski definition) is 4. The van der Waals surface area contributed by atoms with E-state index < -0.39 is 0 Å². The molecule has 0 aliphatic carbocycles. The lowest BCUT2D eigenvalue weighted by Crippen LogP contribution is -2.37. The highest BCUT2D eigenvalue weighted by Crippen LogP contribution is 2.25. The molecule has 2 atom stereocenters. The minimum atomic E-state index is -0.269. The molecule has 1 aliphatic rings. The number of carbonyl (C=O) groups is 1. The van der Waals surface area contributed by atoms with Crippen molar-refractivity contribution in [3.05, 3.63) is 0 Å². The highest BCUT2D eigenvalue weighted by atomic mass is 16.6. The second kappa shape index (κ2) is 7.67. The van der Waals surface area contributed by atoms with Crippen LogP contribution in [-0.2, 0) is 14.3 Å². The summed E-state index contributed by atoms with van der Waals surface area (Å²) < 4.78 is 10.1. The molecule has 2 unspecified atom stereocenters. The van der Waals surface area contributed by atoms with E-state index in [1.54, 1.807) is 6.92 Å². The summed E-state index contributed by atoms with van der Waals surface area (Å²) >= 11 is 0. The predicted octanol–water partition coefficient (Wildman–Crippen LogP) is 1.83. The van der Waals surface area contributed by atoms with Gasteiger partial charge >= 0.3 is 5.97 Å². The Morgan fingerprint density at radius 2 is 2.12 bits per heavy atom. The molecule has 4 nitrogen and oxygen atoms in total. The maximum Gasteiger partial charge on any atom is 0.332 e. The van der Waals surface area contributed by atoms with Crippen molar-refractivity contribution in [3.63, 3.8) is 0 Å². The van der Waals surface area contributed by atoms with Gasteiger partial charge in [0.25, 0.3) is 0 Å². The predicted molar refractivity (Wildman–Crippen MR) is 66.9 cm³/mol. The van der Waals surface area contributed by atoms with Crippen LogP contribution in [0.4, 0.5) is 0 Å². The van der Waals surface area contributed by atoms with Crippen LogP contribution < -0.4 is 0 Å². The minimum Gasteiger partial charge on any atom is -0.464 e. The Balaban J connectivity index is 2.15. The number of esters is 1. The smallest absolute Gasteiger partial charge is 0.332 e. The number of ether oxygens (including phenoxy) is 2. The molecule has 1 fully saturated rings. The summed E-state index contributed by atoms with van der Waals surface area (Å²) in [6.45, 7) is 8.32. The molecule has 0 radical (unpaired) electrons. The molecule has 17 heavy (non-hydrogen) atoms. The number of hydrogen-bond donors (Lipinski definition) is 0. The van der Waals surface area contributed by atoms with Crippen LogP contribution in [0.2, 0.25) is 0 Å². The SMILES string of the molecule is CCOC(=O)COCCN1C(C)CCC1CC. The van der Waals surface area contributed by atoms with Crippen LogP contribution in [-0.4, -0.2) is 49.3 Å².